The third-order valence-corrected chi connectivity index (χ3v) is 1.50. The van der Waals surface area contributed by atoms with Crippen LogP contribution in [0.1, 0.15) is 6.92 Å². The molecule has 0 rings (SSSR count). The lowest BCUT2D eigenvalue weighted by molar-refractivity contribution is 0.437. The molecule has 0 aromatic heterocycles. The highest BCUT2D eigenvalue weighted by Crippen LogP contribution is 1.98. The zero-order chi connectivity index (χ0) is 5.70. The summed E-state index contributed by atoms with van der Waals surface area (Å²) in [6.45, 7) is 5.68. The van der Waals surface area contributed by atoms with E-state index in [1.807, 2.05) is 6.08 Å². The number of rotatable bonds is 3. The summed E-state index contributed by atoms with van der Waals surface area (Å²) in [7, 11) is 2.28. The van der Waals surface area contributed by atoms with E-state index < -0.39 is 0 Å². The molecule has 40 valence electrons. The first-order chi connectivity index (χ1) is 3.31. The average Bonchev–Trinajstić information content (AvgIpc) is 1.68. The Morgan fingerprint density at radius 2 is 2.43 bits per heavy atom. The standard InChI is InChI=1S/C5H10OSi/c1-4-5(2)7-6-3/h4-5H,1H2,2-3H3. The molecule has 0 spiro atoms. The van der Waals surface area contributed by atoms with Gasteiger partial charge in [0.25, 0.3) is 0 Å². The molecule has 1 nitrogen and oxygen atoms in total. The molecule has 0 aliphatic carbocycles. The largest absolute Gasteiger partial charge is 0.420 e. The normalized spacial score (nSPS) is 13.4. The van der Waals surface area contributed by atoms with Gasteiger partial charge < -0.3 is 4.43 Å². The molecule has 0 bridgehead atoms. The first-order valence-corrected chi connectivity index (χ1v) is 3.21. The van der Waals surface area contributed by atoms with E-state index in [1.54, 1.807) is 7.11 Å². The van der Waals surface area contributed by atoms with Crippen LogP contribution < -0.4 is 0 Å². The van der Waals surface area contributed by atoms with E-state index in [1.165, 1.54) is 0 Å². The predicted molar refractivity (Wildman–Crippen MR) is 32.4 cm³/mol. The molecule has 0 aliphatic heterocycles. The summed E-state index contributed by atoms with van der Waals surface area (Å²) < 4.78 is 4.85. The van der Waals surface area contributed by atoms with Crippen LogP contribution in [0.3, 0.4) is 0 Å². The monoisotopic (exact) mass is 114 g/mol. The van der Waals surface area contributed by atoms with Crippen molar-refractivity contribution < 1.29 is 4.43 Å². The molecular weight excluding hydrogens is 104 g/mol. The second-order valence-corrected chi connectivity index (χ2v) is 2.90. The van der Waals surface area contributed by atoms with E-state index in [-0.39, 0.29) is 0 Å². The molecule has 0 saturated heterocycles. The molecule has 2 heteroatoms. The highest BCUT2D eigenvalue weighted by Gasteiger charge is 1.93. The molecule has 0 N–H and O–H groups in total. The molecule has 0 amide bonds. The highest BCUT2D eigenvalue weighted by molar-refractivity contribution is 6.30. The number of hydrogen-bond acceptors (Lipinski definition) is 1. The van der Waals surface area contributed by atoms with Gasteiger partial charge in [0.05, 0.1) is 0 Å². The lowest BCUT2D eigenvalue weighted by atomic mass is 10.5. The third kappa shape index (κ3) is 3.75. The molecule has 7 heavy (non-hydrogen) atoms. The molecule has 0 saturated carbocycles. The Bertz CT molecular complexity index is 54.0. The minimum Gasteiger partial charge on any atom is -0.420 e. The first-order valence-electron chi connectivity index (χ1n) is 2.22. The topological polar surface area (TPSA) is 9.23 Å². The summed E-state index contributed by atoms with van der Waals surface area (Å²) >= 11 is 0. The molecule has 1 atom stereocenters. The van der Waals surface area contributed by atoms with Crippen molar-refractivity contribution in [2.24, 2.45) is 0 Å². The van der Waals surface area contributed by atoms with Crippen molar-refractivity contribution in [3.8, 4) is 0 Å². The summed E-state index contributed by atoms with van der Waals surface area (Å²) in [6.07, 6.45) is 1.89. The maximum Gasteiger partial charge on any atom is 0.236 e. The van der Waals surface area contributed by atoms with Crippen LogP contribution in [-0.4, -0.2) is 16.9 Å². The molecule has 2 radical (unpaired) electrons. The van der Waals surface area contributed by atoms with Gasteiger partial charge in [-0.3, -0.25) is 0 Å². The fourth-order valence-electron chi connectivity index (χ4n) is 0.234. The second kappa shape index (κ2) is 4.09. The lowest BCUT2D eigenvalue weighted by Gasteiger charge is -1.96. The minimum atomic E-state index is 0.519. The highest BCUT2D eigenvalue weighted by atomic mass is 28.2. The van der Waals surface area contributed by atoms with E-state index >= 15 is 0 Å². The Balaban J connectivity index is 2.98. The predicted octanol–water partition coefficient (Wildman–Crippen LogP) is 1.25. The van der Waals surface area contributed by atoms with Crippen LogP contribution >= 0.6 is 0 Å². The molecule has 0 aliphatic rings. The minimum absolute atomic E-state index is 0.519. The van der Waals surface area contributed by atoms with Crippen molar-refractivity contribution in [1.82, 2.24) is 0 Å². The Labute approximate surface area is 47.3 Å². The van der Waals surface area contributed by atoms with Crippen molar-refractivity contribution in [3.05, 3.63) is 12.7 Å². The summed E-state index contributed by atoms with van der Waals surface area (Å²) in [5.74, 6) is 0. The van der Waals surface area contributed by atoms with Gasteiger partial charge in [-0.25, -0.2) is 0 Å². The number of hydrogen-bond donors (Lipinski definition) is 0. The fraction of sp³-hybridized carbons (Fsp3) is 0.600. The van der Waals surface area contributed by atoms with Crippen molar-refractivity contribution in [1.29, 1.82) is 0 Å². The van der Waals surface area contributed by atoms with Crippen LogP contribution in [0.25, 0.3) is 0 Å². The van der Waals surface area contributed by atoms with Crippen molar-refractivity contribution >= 4 is 9.76 Å². The fourth-order valence-corrected chi connectivity index (χ4v) is 0.702. The molecule has 0 fully saturated rings. The zero-order valence-electron chi connectivity index (χ0n) is 4.77. The molecule has 0 aromatic rings. The summed E-state index contributed by atoms with van der Waals surface area (Å²) in [6, 6.07) is 0. The lowest BCUT2D eigenvalue weighted by Crippen LogP contribution is -1.97. The third-order valence-electron chi connectivity index (χ3n) is 0.657. The quantitative estimate of drug-likeness (QED) is 0.396. The zero-order valence-corrected chi connectivity index (χ0v) is 5.77. The van der Waals surface area contributed by atoms with Gasteiger partial charge in [-0.15, -0.1) is 6.58 Å². The molecule has 1 unspecified atom stereocenters. The van der Waals surface area contributed by atoms with Crippen molar-refractivity contribution in [3.63, 3.8) is 0 Å². The van der Waals surface area contributed by atoms with Gasteiger partial charge in [0.15, 0.2) is 0 Å². The maximum absolute atomic E-state index is 4.85. The van der Waals surface area contributed by atoms with Crippen molar-refractivity contribution in [2.45, 2.75) is 12.5 Å². The Hall–Kier alpha value is -0.0831. The Morgan fingerprint density at radius 1 is 1.86 bits per heavy atom. The van der Waals surface area contributed by atoms with Crippen molar-refractivity contribution in [2.75, 3.05) is 7.11 Å². The van der Waals surface area contributed by atoms with Gasteiger partial charge in [-0.2, -0.15) is 0 Å². The smallest absolute Gasteiger partial charge is 0.236 e. The Kier molecular flexibility index (Phi) is 4.04. The van der Waals surface area contributed by atoms with Gasteiger partial charge in [-0.05, 0) is 5.54 Å². The van der Waals surface area contributed by atoms with Crippen LogP contribution in [0.4, 0.5) is 0 Å². The summed E-state index contributed by atoms with van der Waals surface area (Å²) in [5, 5.41) is 0. The van der Waals surface area contributed by atoms with E-state index in [2.05, 4.69) is 13.5 Å². The average molecular weight is 114 g/mol. The number of allylic oxidation sites excluding steroid dienone is 1. The van der Waals surface area contributed by atoms with E-state index in [0.717, 1.165) is 0 Å². The van der Waals surface area contributed by atoms with Crippen LogP contribution in [0.2, 0.25) is 5.54 Å². The maximum atomic E-state index is 4.85. The van der Waals surface area contributed by atoms with Crippen LogP contribution in [-0.2, 0) is 4.43 Å². The summed E-state index contributed by atoms with van der Waals surface area (Å²) in [5.41, 5.74) is 0.519. The second-order valence-electron chi connectivity index (χ2n) is 1.35. The summed E-state index contributed by atoms with van der Waals surface area (Å²) in [4.78, 5) is 0. The van der Waals surface area contributed by atoms with Gasteiger partial charge in [0, 0.05) is 7.11 Å². The SMILES string of the molecule is C=CC(C)[Si]OC. The van der Waals surface area contributed by atoms with Crippen LogP contribution in [0.5, 0.6) is 0 Å². The van der Waals surface area contributed by atoms with Gasteiger partial charge in [0.1, 0.15) is 0 Å². The van der Waals surface area contributed by atoms with Crippen LogP contribution in [0.15, 0.2) is 12.7 Å². The van der Waals surface area contributed by atoms with Gasteiger partial charge in [0.2, 0.25) is 9.76 Å². The van der Waals surface area contributed by atoms with E-state index in [4.69, 9.17) is 4.43 Å². The van der Waals surface area contributed by atoms with Crippen LogP contribution in [0, 0.1) is 0 Å². The molecule has 0 heterocycles. The Morgan fingerprint density at radius 3 is 2.57 bits per heavy atom. The van der Waals surface area contributed by atoms with E-state index in [9.17, 15) is 0 Å². The van der Waals surface area contributed by atoms with Gasteiger partial charge in [-0.1, -0.05) is 13.0 Å². The van der Waals surface area contributed by atoms with Gasteiger partial charge >= 0.3 is 0 Å². The molecular formula is C5H10OSi. The van der Waals surface area contributed by atoms with E-state index in [0.29, 0.717) is 15.3 Å². The molecule has 0 aromatic carbocycles. The first kappa shape index (κ1) is 6.92.